The summed E-state index contributed by atoms with van der Waals surface area (Å²) in [6.45, 7) is 0. The molecule has 0 aliphatic carbocycles. The summed E-state index contributed by atoms with van der Waals surface area (Å²) in [5, 5.41) is 12.4. The zero-order valence-corrected chi connectivity index (χ0v) is 11.2. The number of carbonyl (C=O) groups excluding carboxylic acids is 2. The smallest absolute Gasteiger partial charge is 0.256 e. The molecule has 2 N–H and O–H groups in total. The molecule has 1 aliphatic rings. The lowest BCUT2D eigenvalue weighted by Crippen LogP contribution is -2.34. The van der Waals surface area contributed by atoms with Gasteiger partial charge in [-0.3, -0.25) is 9.59 Å². The van der Waals surface area contributed by atoms with Gasteiger partial charge in [0, 0.05) is 11.8 Å². The third-order valence-electron chi connectivity index (χ3n) is 3.35. The Bertz CT molecular complexity index is 685. The summed E-state index contributed by atoms with van der Waals surface area (Å²) < 4.78 is 0. The number of hydrogen-bond acceptors (Lipinski definition) is 4. The average molecular weight is 282 g/mol. The number of hydrogen-bond donors (Lipinski definition) is 2. The fourth-order valence-electron chi connectivity index (χ4n) is 2.39. The number of phenols is 1. The topological polar surface area (TPSA) is 69.6 Å². The first-order chi connectivity index (χ1) is 10.1. The highest BCUT2D eigenvalue weighted by atomic mass is 16.3. The Labute approximate surface area is 121 Å². The SMILES string of the molecule is O=C1CC(Nc2cccc(O)c2)C(=O)N1c1ccccc1. The third-order valence-corrected chi connectivity index (χ3v) is 3.35. The van der Waals surface area contributed by atoms with Crippen LogP contribution in [0.25, 0.3) is 0 Å². The molecule has 1 fully saturated rings. The van der Waals surface area contributed by atoms with Crippen molar-refractivity contribution in [3.63, 3.8) is 0 Å². The molecule has 0 aromatic heterocycles. The molecule has 5 nitrogen and oxygen atoms in total. The zero-order valence-electron chi connectivity index (χ0n) is 11.2. The van der Waals surface area contributed by atoms with Crippen LogP contribution in [0.15, 0.2) is 54.6 Å². The number of para-hydroxylation sites is 1. The molecule has 1 heterocycles. The number of phenolic OH excluding ortho intramolecular Hbond substituents is 1. The van der Waals surface area contributed by atoms with Gasteiger partial charge in [0.05, 0.1) is 12.1 Å². The van der Waals surface area contributed by atoms with E-state index in [0.717, 1.165) is 0 Å². The van der Waals surface area contributed by atoms with Crippen LogP contribution < -0.4 is 10.2 Å². The first-order valence-corrected chi connectivity index (χ1v) is 6.62. The number of anilines is 2. The second-order valence-corrected chi connectivity index (χ2v) is 4.85. The summed E-state index contributed by atoms with van der Waals surface area (Å²) in [6.07, 6.45) is 0.101. The van der Waals surface area contributed by atoms with Crippen LogP contribution in [0.4, 0.5) is 11.4 Å². The van der Waals surface area contributed by atoms with Crippen LogP contribution in [0.5, 0.6) is 5.75 Å². The molecular formula is C16H14N2O3. The lowest BCUT2D eigenvalue weighted by Gasteiger charge is -2.16. The quantitative estimate of drug-likeness (QED) is 0.846. The van der Waals surface area contributed by atoms with Gasteiger partial charge in [-0.25, -0.2) is 4.90 Å². The van der Waals surface area contributed by atoms with Gasteiger partial charge in [-0.05, 0) is 24.3 Å². The number of benzene rings is 2. The number of nitrogens with zero attached hydrogens (tertiary/aromatic N) is 1. The number of amides is 2. The Morgan fingerprint density at radius 1 is 1.05 bits per heavy atom. The third kappa shape index (κ3) is 2.58. The van der Waals surface area contributed by atoms with Crippen molar-refractivity contribution in [3.05, 3.63) is 54.6 Å². The van der Waals surface area contributed by atoms with Crippen LogP contribution in [0.3, 0.4) is 0 Å². The van der Waals surface area contributed by atoms with E-state index in [1.54, 1.807) is 42.5 Å². The highest BCUT2D eigenvalue weighted by Crippen LogP contribution is 2.25. The van der Waals surface area contributed by atoms with Crippen LogP contribution >= 0.6 is 0 Å². The normalized spacial score (nSPS) is 18.1. The van der Waals surface area contributed by atoms with Gasteiger partial charge < -0.3 is 10.4 Å². The number of nitrogens with one attached hydrogen (secondary N) is 1. The summed E-state index contributed by atoms with van der Waals surface area (Å²) in [5.41, 5.74) is 1.18. The number of imide groups is 1. The summed E-state index contributed by atoms with van der Waals surface area (Å²) in [4.78, 5) is 25.6. The molecule has 106 valence electrons. The standard InChI is InChI=1S/C16H14N2O3/c19-13-8-4-5-11(9-13)17-14-10-15(20)18(16(14)21)12-6-2-1-3-7-12/h1-9,14,17,19H,10H2. The van der Waals surface area contributed by atoms with Crippen molar-refractivity contribution >= 4 is 23.2 Å². The van der Waals surface area contributed by atoms with Crippen molar-refractivity contribution in [2.75, 3.05) is 10.2 Å². The maximum absolute atomic E-state index is 12.4. The predicted octanol–water partition coefficient (Wildman–Crippen LogP) is 2.14. The summed E-state index contributed by atoms with van der Waals surface area (Å²) in [7, 11) is 0. The first kappa shape index (κ1) is 13.2. The number of rotatable bonds is 3. The Morgan fingerprint density at radius 3 is 2.52 bits per heavy atom. The maximum Gasteiger partial charge on any atom is 0.256 e. The van der Waals surface area contributed by atoms with Gasteiger partial charge in [0.1, 0.15) is 11.8 Å². The summed E-state index contributed by atoms with van der Waals surface area (Å²) >= 11 is 0. The molecule has 1 aliphatic heterocycles. The van der Waals surface area contributed by atoms with E-state index in [1.165, 1.54) is 11.0 Å². The van der Waals surface area contributed by atoms with Gasteiger partial charge in [0.2, 0.25) is 5.91 Å². The molecule has 0 spiro atoms. The molecule has 2 aromatic rings. The van der Waals surface area contributed by atoms with Gasteiger partial charge in [-0.15, -0.1) is 0 Å². The average Bonchev–Trinajstić information content (AvgIpc) is 2.74. The van der Waals surface area contributed by atoms with Crippen LogP contribution in [-0.2, 0) is 9.59 Å². The van der Waals surface area contributed by atoms with Crippen LogP contribution in [0.2, 0.25) is 0 Å². The highest BCUT2D eigenvalue weighted by molar-refractivity contribution is 6.23. The largest absolute Gasteiger partial charge is 0.508 e. The Hall–Kier alpha value is -2.82. The summed E-state index contributed by atoms with van der Waals surface area (Å²) in [6, 6.07) is 14.7. The fourth-order valence-corrected chi connectivity index (χ4v) is 2.39. The molecule has 0 bridgehead atoms. The molecule has 1 saturated heterocycles. The van der Waals surface area contributed by atoms with Crippen molar-refractivity contribution in [1.82, 2.24) is 0 Å². The molecule has 2 amide bonds. The highest BCUT2D eigenvalue weighted by Gasteiger charge is 2.39. The van der Waals surface area contributed by atoms with Crippen molar-refractivity contribution in [3.8, 4) is 5.75 Å². The number of aromatic hydroxyl groups is 1. The first-order valence-electron chi connectivity index (χ1n) is 6.62. The molecule has 0 radical (unpaired) electrons. The van der Waals surface area contributed by atoms with Crippen molar-refractivity contribution in [1.29, 1.82) is 0 Å². The minimum atomic E-state index is -0.612. The van der Waals surface area contributed by atoms with Crippen molar-refractivity contribution in [2.45, 2.75) is 12.5 Å². The van der Waals surface area contributed by atoms with Crippen LogP contribution in [-0.4, -0.2) is 23.0 Å². The van der Waals surface area contributed by atoms with E-state index in [-0.39, 0.29) is 24.0 Å². The van der Waals surface area contributed by atoms with E-state index >= 15 is 0 Å². The molecule has 21 heavy (non-hydrogen) atoms. The molecule has 0 saturated carbocycles. The van der Waals surface area contributed by atoms with Crippen molar-refractivity contribution < 1.29 is 14.7 Å². The minimum absolute atomic E-state index is 0.101. The lowest BCUT2D eigenvalue weighted by atomic mass is 10.2. The van der Waals surface area contributed by atoms with Gasteiger partial charge in [0.25, 0.3) is 5.91 Å². The molecule has 1 unspecified atom stereocenters. The predicted molar refractivity (Wildman–Crippen MR) is 79.1 cm³/mol. The monoisotopic (exact) mass is 282 g/mol. The van der Waals surface area contributed by atoms with E-state index in [4.69, 9.17) is 0 Å². The van der Waals surface area contributed by atoms with E-state index in [2.05, 4.69) is 5.32 Å². The van der Waals surface area contributed by atoms with Gasteiger partial charge in [0.15, 0.2) is 0 Å². The molecule has 5 heteroatoms. The molecule has 1 atom stereocenters. The molecule has 3 rings (SSSR count). The molecular weight excluding hydrogens is 268 g/mol. The summed E-state index contributed by atoms with van der Waals surface area (Å²) in [5.74, 6) is -0.407. The fraction of sp³-hybridized carbons (Fsp3) is 0.125. The Balaban J connectivity index is 1.81. The second kappa shape index (κ2) is 5.28. The van der Waals surface area contributed by atoms with E-state index < -0.39 is 6.04 Å². The Morgan fingerprint density at radius 2 is 1.81 bits per heavy atom. The van der Waals surface area contributed by atoms with Gasteiger partial charge >= 0.3 is 0 Å². The lowest BCUT2D eigenvalue weighted by molar-refractivity contribution is -0.121. The minimum Gasteiger partial charge on any atom is -0.508 e. The van der Waals surface area contributed by atoms with E-state index in [9.17, 15) is 14.7 Å². The van der Waals surface area contributed by atoms with Crippen molar-refractivity contribution in [2.24, 2.45) is 0 Å². The second-order valence-electron chi connectivity index (χ2n) is 4.85. The van der Waals surface area contributed by atoms with Crippen LogP contribution in [0, 0.1) is 0 Å². The van der Waals surface area contributed by atoms with Gasteiger partial charge in [-0.2, -0.15) is 0 Å². The van der Waals surface area contributed by atoms with E-state index in [1.807, 2.05) is 6.07 Å². The molecule has 2 aromatic carbocycles. The van der Waals surface area contributed by atoms with Gasteiger partial charge in [-0.1, -0.05) is 24.3 Å². The maximum atomic E-state index is 12.4. The zero-order chi connectivity index (χ0) is 14.8. The van der Waals surface area contributed by atoms with E-state index in [0.29, 0.717) is 11.4 Å². The van der Waals surface area contributed by atoms with Crippen LogP contribution in [0.1, 0.15) is 6.42 Å². The Kier molecular flexibility index (Phi) is 3.31. The number of carbonyl (C=O) groups is 2.